The summed E-state index contributed by atoms with van der Waals surface area (Å²) < 4.78 is 0. The summed E-state index contributed by atoms with van der Waals surface area (Å²) in [7, 11) is 0. The molecule has 0 saturated carbocycles. The molecule has 2 aromatic carbocycles. The number of aryl methyl sites for hydroxylation is 1. The normalized spacial score (nSPS) is 11.9. The monoisotopic (exact) mass is 262 g/mol. The van der Waals surface area contributed by atoms with E-state index < -0.39 is 0 Å². The van der Waals surface area contributed by atoms with E-state index in [0.717, 1.165) is 17.6 Å². The first kappa shape index (κ1) is 14.3. The molecule has 0 amide bonds. The molecule has 1 unspecified atom stereocenters. The highest BCUT2D eigenvalue weighted by molar-refractivity contribution is 5.77. The van der Waals surface area contributed by atoms with Gasteiger partial charge in [0.2, 0.25) is 0 Å². The van der Waals surface area contributed by atoms with Crippen LogP contribution in [0.25, 0.3) is 5.57 Å². The highest BCUT2D eigenvalue weighted by Gasteiger charge is 2.12. The topological polar surface area (TPSA) is 0 Å². The lowest BCUT2D eigenvalue weighted by Crippen LogP contribution is -2.04. The third-order valence-corrected chi connectivity index (χ3v) is 3.77. The van der Waals surface area contributed by atoms with Crippen molar-refractivity contribution in [2.24, 2.45) is 5.92 Å². The standard InChI is InChI=1S/C20H22/c1-15-10-12-20(13-11-15)18(4)17(3)16(2)14-19-8-6-5-7-9-19/h5-13,16H,3-4,14H2,1-2H3. The molecule has 0 nitrogen and oxygen atoms in total. The van der Waals surface area contributed by atoms with Crippen molar-refractivity contribution in [3.8, 4) is 0 Å². The van der Waals surface area contributed by atoms with Crippen molar-refractivity contribution in [2.75, 3.05) is 0 Å². The van der Waals surface area contributed by atoms with Crippen LogP contribution in [0.5, 0.6) is 0 Å². The Morgan fingerprint density at radius 1 is 0.950 bits per heavy atom. The largest absolute Gasteiger partial charge is 0.0949 e. The number of allylic oxidation sites excluding steroid dienone is 2. The van der Waals surface area contributed by atoms with Gasteiger partial charge in [0.25, 0.3) is 0 Å². The maximum Gasteiger partial charge on any atom is -0.0150 e. The van der Waals surface area contributed by atoms with E-state index in [9.17, 15) is 0 Å². The Labute approximate surface area is 122 Å². The van der Waals surface area contributed by atoms with Crippen molar-refractivity contribution in [1.29, 1.82) is 0 Å². The Hall–Kier alpha value is -2.08. The van der Waals surface area contributed by atoms with Gasteiger partial charge in [-0.2, -0.15) is 0 Å². The molecule has 0 aliphatic rings. The molecule has 0 aliphatic carbocycles. The third kappa shape index (κ3) is 3.48. The van der Waals surface area contributed by atoms with Gasteiger partial charge in [0.05, 0.1) is 0 Å². The lowest BCUT2D eigenvalue weighted by Gasteiger charge is -2.17. The molecule has 0 saturated heterocycles. The summed E-state index contributed by atoms with van der Waals surface area (Å²) in [5.41, 5.74) is 5.95. The quantitative estimate of drug-likeness (QED) is 0.629. The van der Waals surface area contributed by atoms with Crippen molar-refractivity contribution in [2.45, 2.75) is 20.3 Å². The van der Waals surface area contributed by atoms with Crippen LogP contribution in [0.3, 0.4) is 0 Å². The molecule has 0 heteroatoms. The van der Waals surface area contributed by atoms with Crippen LogP contribution < -0.4 is 0 Å². The van der Waals surface area contributed by atoms with Gasteiger partial charge in [0, 0.05) is 0 Å². The van der Waals surface area contributed by atoms with Crippen molar-refractivity contribution < 1.29 is 0 Å². The molecule has 2 aromatic rings. The molecule has 102 valence electrons. The predicted octanol–water partition coefficient (Wildman–Crippen LogP) is 5.44. The first-order valence-electron chi connectivity index (χ1n) is 7.07. The highest BCUT2D eigenvalue weighted by Crippen LogP contribution is 2.28. The number of rotatable bonds is 5. The van der Waals surface area contributed by atoms with Crippen molar-refractivity contribution >= 4 is 5.57 Å². The van der Waals surface area contributed by atoms with Gasteiger partial charge in [-0.25, -0.2) is 0 Å². The summed E-state index contributed by atoms with van der Waals surface area (Å²) in [6.07, 6.45) is 1.00. The second-order valence-corrected chi connectivity index (χ2v) is 5.46. The zero-order chi connectivity index (χ0) is 14.5. The van der Waals surface area contributed by atoms with E-state index in [1.165, 1.54) is 16.7 Å². The van der Waals surface area contributed by atoms with Crippen LogP contribution in [-0.4, -0.2) is 0 Å². The fraction of sp³-hybridized carbons (Fsp3) is 0.200. The minimum atomic E-state index is 0.395. The summed E-state index contributed by atoms with van der Waals surface area (Å²) in [6, 6.07) is 19.0. The Kier molecular flexibility index (Phi) is 4.57. The molecule has 0 radical (unpaired) electrons. The van der Waals surface area contributed by atoms with E-state index in [0.29, 0.717) is 5.92 Å². The van der Waals surface area contributed by atoms with Crippen LogP contribution in [0, 0.1) is 12.8 Å². The molecule has 0 bridgehead atoms. The SMILES string of the molecule is C=C(C(=C)C(C)Cc1ccccc1)c1ccc(C)cc1. The van der Waals surface area contributed by atoms with Gasteiger partial charge in [-0.15, -0.1) is 0 Å². The Bertz CT molecular complexity index is 588. The van der Waals surface area contributed by atoms with E-state index in [1.54, 1.807) is 0 Å². The number of hydrogen-bond donors (Lipinski definition) is 0. The first-order chi connectivity index (χ1) is 9.58. The van der Waals surface area contributed by atoms with Crippen LogP contribution in [-0.2, 0) is 6.42 Å². The molecular formula is C20H22. The molecule has 0 spiro atoms. The first-order valence-corrected chi connectivity index (χ1v) is 7.07. The summed E-state index contributed by atoms with van der Waals surface area (Å²) in [5.74, 6) is 0.395. The maximum atomic E-state index is 4.25. The fourth-order valence-electron chi connectivity index (χ4n) is 2.33. The fourth-order valence-corrected chi connectivity index (χ4v) is 2.33. The van der Waals surface area contributed by atoms with E-state index >= 15 is 0 Å². The van der Waals surface area contributed by atoms with Crippen molar-refractivity contribution in [1.82, 2.24) is 0 Å². The predicted molar refractivity (Wildman–Crippen MR) is 88.7 cm³/mol. The van der Waals surface area contributed by atoms with Gasteiger partial charge < -0.3 is 0 Å². The molecule has 0 heterocycles. The smallest absolute Gasteiger partial charge is 0.0150 e. The van der Waals surface area contributed by atoms with Crippen molar-refractivity contribution in [3.63, 3.8) is 0 Å². The summed E-state index contributed by atoms with van der Waals surface area (Å²) in [4.78, 5) is 0. The molecule has 0 aromatic heterocycles. The third-order valence-electron chi connectivity index (χ3n) is 3.77. The molecule has 20 heavy (non-hydrogen) atoms. The van der Waals surface area contributed by atoms with Crippen LogP contribution in [0.15, 0.2) is 73.3 Å². The second kappa shape index (κ2) is 6.38. The second-order valence-electron chi connectivity index (χ2n) is 5.46. The average Bonchev–Trinajstić information content (AvgIpc) is 2.47. The summed E-state index contributed by atoms with van der Waals surface area (Å²) in [5, 5.41) is 0. The van der Waals surface area contributed by atoms with Crippen LogP contribution in [0.2, 0.25) is 0 Å². The van der Waals surface area contributed by atoms with Gasteiger partial charge in [-0.1, -0.05) is 80.2 Å². The van der Waals surface area contributed by atoms with Gasteiger partial charge in [0.1, 0.15) is 0 Å². The van der Waals surface area contributed by atoms with Crippen LogP contribution >= 0.6 is 0 Å². The van der Waals surface area contributed by atoms with Gasteiger partial charge >= 0.3 is 0 Å². The number of benzene rings is 2. The minimum Gasteiger partial charge on any atom is -0.0949 e. The Balaban J connectivity index is 2.06. The average molecular weight is 262 g/mol. The van der Waals surface area contributed by atoms with E-state index in [4.69, 9.17) is 0 Å². The zero-order valence-electron chi connectivity index (χ0n) is 12.4. The van der Waals surface area contributed by atoms with Gasteiger partial charge in [0.15, 0.2) is 0 Å². The van der Waals surface area contributed by atoms with Crippen LogP contribution in [0.4, 0.5) is 0 Å². The molecular weight excluding hydrogens is 240 g/mol. The Morgan fingerprint density at radius 3 is 2.15 bits per heavy atom. The molecule has 0 aliphatic heterocycles. The number of hydrogen-bond acceptors (Lipinski definition) is 0. The minimum absolute atomic E-state index is 0.395. The van der Waals surface area contributed by atoms with Crippen molar-refractivity contribution in [3.05, 3.63) is 90.0 Å². The highest BCUT2D eigenvalue weighted by atomic mass is 14.2. The van der Waals surface area contributed by atoms with Crippen LogP contribution in [0.1, 0.15) is 23.6 Å². The Morgan fingerprint density at radius 2 is 1.55 bits per heavy atom. The van der Waals surface area contributed by atoms with E-state index in [1.807, 2.05) is 6.07 Å². The molecule has 0 N–H and O–H groups in total. The molecule has 1 atom stereocenters. The van der Waals surface area contributed by atoms with Gasteiger partial charge in [-0.3, -0.25) is 0 Å². The van der Waals surface area contributed by atoms with Gasteiger partial charge in [-0.05, 0) is 41.5 Å². The van der Waals surface area contributed by atoms with E-state index in [-0.39, 0.29) is 0 Å². The molecule has 2 rings (SSSR count). The lowest BCUT2D eigenvalue weighted by molar-refractivity contribution is 0.700. The summed E-state index contributed by atoms with van der Waals surface area (Å²) >= 11 is 0. The lowest BCUT2D eigenvalue weighted by atomic mass is 9.87. The molecule has 0 fully saturated rings. The maximum absolute atomic E-state index is 4.25. The zero-order valence-corrected chi connectivity index (χ0v) is 12.4. The summed E-state index contributed by atoms with van der Waals surface area (Å²) in [6.45, 7) is 12.8. The van der Waals surface area contributed by atoms with E-state index in [2.05, 4.69) is 75.5 Å².